The summed E-state index contributed by atoms with van der Waals surface area (Å²) in [7, 11) is 0. The molecule has 1 heterocycles. The SMILES string of the molecule is O=C(O)[C@@H]1Cc2ccccc2CN1CC1CCCC1. The molecule has 0 saturated heterocycles. The van der Waals surface area contributed by atoms with Gasteiger partial charge < -0.3 is 5.11 Å². The number of fused-ring (bicyclic) bond motifs is 1. The maximum atomic E-state index is 11.5. The van der Waals surface area contributed by atoms with Crippen molar-refractivity contribution in [2.45, 2.75) is 44.7 Å². The smallest absolute Gasteiger partial charge is 0.321 e. The standard InChI is InChI=1S/C16H21NO2/c18-16(19)15-9-13-7-3-4-8-14(13)11-17(15)10-12-5-1-2-6-12/h3-4,7-8,12,15H,1-2,5-6,9-11H2,(H,18,19)/t15-/m0/s1. The first-order chi connectivity index (χ1) is 9.24. The number of carbonyl (C=O) groups is 1. The normalized spacial score (nSPS) is 24.3. The van der Waals surface area contributed by atoms with E-state index in [0.717, 1.165) is 13.1 Å². The van der Waals surface area contributed by atoms with Gasteiger partial charge in [-0.1, -0.05) is 37.1 Å². The number of benzene rings is 1. The molecule has 0 aromatic heterocycles. The number of aliphatic carboxylic acids is 1. The number of rotatable bonds is 3. The molecule has 3 nitrogen and oxygen atoms in total. The van der Waals surface area contributed by atoms with Crippen LogP contribution in [0.5, 0.6) is 0 Å². The lowest BCUT2D eigenvalue weighted by Gasteiger charge is -2.36. The van der Waals surface area contributed by atoms with E-state index in [1.165, 1.54) is 36.8 Å². The van der Waals surface area contributed by atoms with Crippen LogP contribution in [-0.2, 0) is 17.8 Å². The van der Waals surface area contributed by atoms with E-state index in [-0.39, 0.29) is 6.04 Å². The van der Waals surface area contributed by atoms with E-state index in [0.29, 0.717) is 12.3 Å². The summed E-state index contributed by atoms with van der Waals surface area (Å²) in [5.74, 6) is 0.0274. The first kappa shape index (κ1) is 12.7. The van der Waals surface area contributed by atoms with Crippen LogP contribution >= 0.6 is 0 Å². The second-order valence-corrected chi connectivity index (χ2v) is 5.91. The van der Waals surface area contributed by atoms with Gasteiger partial charge in [0.2, 0.25) is 0 Å². The van der Waals surface area contributed by atoms with Gasteiger partial charge >= 0.3 is 5.97 Å². The highest BCUT2D eigenvalue weighted by Crippen LogP contribution is 2.30. The minimum Gasteiger partial charge on any atom is -0.480 e. The van der Waals surface area contributed by atoms with Crippen LogP contribution in [0.25, 0.3) is 0 Å². The molecule has 0 radical (unpaired) electrons. The van der Waals surface area contributed by atoms with Gasteiger partial charge in [-0.15, -0.1) is 0 Å². The Labute approximate surface area is 114 Å². The van der Waals surface area contributed by atoms with Crippen LogP contribution in [-0.4, -0.2) is 28.6 Å². The van der Waals surface area contributed by atoms with Crippen molar-refractivity contribution in [2.24, 2.45) is 5.92 Å². The van der Waals surface area contributed by atoms with E-state index in [4.69, 9.17) is 0 Å². The Morgan fingerprint density at radius 2 is 1.89 bits per heavy atom. The fourth-order valence-corrected chi connectivity index (χ4v) is 3.54. The van der Waals surface area contributed by atoms with E-state index in [9.17, 15) is 9.90 Å². The molecule has 1 aromatic rings. The van der Waals surface area contributed by atoms with Crippen LogP contribution in [0.2, 0.25) is 0 Å². The molecule has 1 aliphatic heterocycles. The lowest BCUT2D eigenvalue weighted by molar-refractivity contribution is -0.144. The van der Waals surface area contributed by atoms with Gasteiger partial charge in [0.15, 0.2) is 0 Å². The Morgan fingerprint density at radius 3 is 2.58 bits per heavy atom. The fraction of sp³-hybridized carbons (Fsp3) is 0.562. The highest BCUT2D eigenvalue weighted by molar-refractivity contribution is 5.74. The molecular formula is C16H21NO2. The van der Waals surface area contributed by atoms with Gasteiger partial charge in [0.05, 0.1) is 0 Å². The van der Waals surface area contributed by atoms with Crippen molar-refractivity contribution in [3.05, 3.63) is 35.4 Å². The maximum absolute atomic E-state index is 11.5. The molecular weight excluding hydrogens is 238 g/mol. The molecule has 0 unspecified atom stereocenters. The summed E-state index contributed by atoms with van der Waals surface area (Å²) in [5, 5.41) is 9.47. The number of nitrogens with zero attached hydrogens (tertiary/aromatic N) is 1. The van der Waals surface area contributed by atoms with E-state index in [2.05, 4.69) is 17.0 Å². The summed E-state index contributed by atoms with van der Waals surface area (Å²) in [6.07, 6.45) is 5.81. The van der Waals surface area contributed by atoms with E-state index >= 15 is 0 Å². The van der Waals surface area contributed by atoms with E-state index < -0.39 is 5.97 Å². The molecule has 1 aromatic carbocycles. The summed E-state index contributed by atoms with van der Waals surface area (Å²) >= 11 is 0. The highest BCUT2D eigenvalue weighted by Gasteiger charge is 2.32. The van der Waals surface area contributed by atoms with Crippen molar-refractivity contribution in [1.82, 2.24) is 4.90 Å². The number of hydrogen-bond acceptors (Lipinski definition) is 2. The van der Waals surface area contributed by atoms with Crippen molar-refractivity contribution in [1.29, 1.82) is 0 Å². The van der Waals surface area contributed by atoms with Crippen LogP contribution < -0.4 is 0 Å². The van der Waals surface area contributed by atoms with Crippen molar-refractivity contribution < 1.29 is 9.90 Å². The molecule has 1 atom stereocenters. The molecule has 3 rings (SSSR count). The molecule has 1 saturated carbocycles. The maximum Gasteiger partial charge on any atom is 0.321 e. The molecule has 19 heavy (non-hydrogen) atoms. The Morgan fingerprint density at radius 1 is 1.21 bits per heavy atom. The third-order valence-electron chi connectivity index (χ3n) is 4.60. The van der Waals surface area contributed by atoms with Crippen LogP contribution in [0.4, 0.5) is 0 Å². The number of hydrogen-bond donors (Lipinski definition) is 1. The van der Waals surface area contributed by atoms with Gasteiger partial charge in [0, 0.05) is 13.1 Å². The summed E-state index contributed by atoms with van der Waals surface area (Å²) in [5.41, 5.74) is 2.51. The Balaban J connectivity index is 1.79. The Bertz CT molecular complexity index is 466. The van der Waals surface area contributed by atoms with Crippen LogP contribution in [0.3, 0.4) is 0 Å². The van der Waals surface area contributed by atoms with E-state index in [1.54, 1.807) is 0 Å². The minimum atomic E-state index is -0.674. The zero-order valence-electron chi connectivity index (χ0n) is 11.2. The van der Waals surface area contributed by atoms with Crippen LogP contribution in [0.1, 0.15) is 36.8 Å². The van der Waals surface area contributed by atoms with Gasteiger partial charge in [-0.05, 0) is 36.3 Å². The Hall–Kier alpha value is -1.35. The summed E-state index contributed by atoms with van der Waals surface area (Å²) in [4.78, 5) is 13.7. The molecule has 1 fully saturated rings. The third kappa shape index (κ3) is 2.66. The molecule has 0 amide bonds. The third-order valence-corrected chi connectivity index (χ3v) is 4.60. The van der Waals surface area contributed by atoms with Gasteiger partial charge in [-0.25, -0.2) is 0 Å². The van der Waals surface area contributed by atoms with Crippen LogP contribution in [0.15, 0.2) is 24.3 Å². The van der Waals surface area contributed by atoms with Crippen molar-refractivity contribution >= 4 is 5.97 Å². The fourth-order valence-electron chi connectivity index (χ4n) is 3.54. The first-order valence-electron chi connectivity index (χ1n) is 7.27. The molecule has 2 aliphatic rings. The van der Waals surface area contributed by atoms with Gasteiger partial charge in [0.1, 0.15) is 6.04 Å². The van der Waals surface area contributed by atoms with Crippen molar-refractivity contribution in [2.75, 3.05) is 6.54 Å². The van der Waals surface area contributed by atoms with E-state index in [1.807, 2.05) is 12.1 Å². The number of carboxylic acid groups (broad SMARTS) is 1. The molecule has 0 spiro atoms. The van der Waals surface area contributed by atoms with Crippen molar-refractivity contribution in [3.8, 4) is 0 Å². The van der Waals surface area contributed by atoms with Gasteiger partial charge in [0.25, 0.3) is 0 Å². The average molecular weight is 259 g/mol. The van der Waals surface area contributed by atoms with Gasteiger partial charge in [-0.2, -0.15) is 0 Å². The zero-order valence-corrected chi connectivity index (χ0v) is 11.2. The topological polar surface area (TPSA) is 40.5 Å². The predicted molar refractivity (Wildman–Crippen MR) is 73.9 cm³/mol. The second kappa shape index (κ2) is 5.33. The zero-order chi connectivity index (χ0) is 13.2. The molecule has 0 bridgehead atoms. The second-order valence-electron chi connectivity index (χ2n) is 5.91. The minimum absolute atomic E-state index is 0.338. The highest BCUT2D eigenvalue weighted by atomic mass is 16.4. The van der Waals surface area contributed by atoms with Gasteiger partial charge in [-0.3, -0.25) is 9.69 Å². The van der Waals surface area contributed by atoms with Crippen molar-refractivity contribution in [3.63, 3.8) is 0 Å². The molecule has 1 N–H and O–H groups in total. The quantitative estimate of drug-likeness (QED) is 0.907. The average Bonchev–Trinajstić information content (AvgIpc) is 2.90. The monoisotopic (exact) mass is 259 g/mol. The first-order valence-corrected chi connectivity index (χ1v) is 7.27. The largest absolute Gasteiger partial charge is 0.480 e. The lowest BCUT2D eigenvalue weighted by atomic mass is 9.92. The summed E-state index contributed by atoms with van der Waals surface area (Å²) in [6.45, 7) is 1.74. The Kier molecular flexibility index (Phi) is 3.56. The summed E-state index contributed by atoms with van der Waals surface area (Å²) < 4.78 is 0. The molecule has 3 heteroatoms. The lowest BCUT2D eigenvalue weighted by Crippen LogP contribution is -2.47. The van der Waals surface area contributed by atoms with Crippen LogP contribution in [0, 0.1) is 5.92 Å². The number of carboxylic acids is 1. The summed E-state index contributed by atoms with van der Waals surface area (Å²) in [6, 6.07) is 7.92. The molecule has 1 aliphatic carbocycles. The predicted octanol–water partition coefficient (Wildman–Crippen LogP) is 2.69. The molecule has 102 valence electrons.